The van der Waals surface area contributed by atoms with Crippen LogP contribution in [-0.4, -0.2) is 6.04 Å². The van der Waals surface area contributed by atoms with Gasteiger partial charge in [0, 0.05) is 17.1 Å². The largest absolute Gasteiger partial charge is 0.310 e. The second kappa shape index (κ2) is 6.57. The smallest absolute Gasteiger partial charge is 0.124 e. The van der Waals surface area contributed by atoms with Gasteiger partial charge in [0.15, 0.2) is 0 Å². The minimum absolute atomic E-state index is 0.189. The summed E-state index contributed by atoms with van der Waals surface area (Å²) >= 11 is 3.45. The molecule has 1 N–H and O–H groups in total. The highest BCUT2D eigenvalue weighted by Crippen LogP contribution is 2.38. The molecule has 3 heteroatoms. The Morgan fingerprint density at radius 1 is 1.25 bits per heavy atom. The summed E-state index contributed by atoms with van der Waals surface area (Å²) in [6.07, 6.45) is 5.22. The van der Waals surface area contributed by atoms with Crippen LogP contribution in [0.3, 0.4) is 0 Å². The summed E-state index contributed by atoms with van der Waals surface area (Å²) in [5.41, 5.74) is 1.47. The molecule has 1 nitrogen and oxygen atoms in total. The first-order valence-electron chi connectivity index (χ1n) is 7.55. The van der Waals surface area contributed by atoms with Crippen molar-refractivity contribution in [2.24, 2.45) is 11.3 Å². The molecule has 2 unspecified atom stereocenters. The van der Waals surface area contributed by atoms with Gasteiger partial charge in [-0.05, 0) is 41.9 Å². The second-order valence-corrected chi connectivity index (χ2v) is 7.83. The molecule has 1 aromatic carbocycles. The molecular formula is C17H25BrFN. The predicted molar refractivity (Wildman–Crippen MR) is 86.1 cm³/mol. The van der Waals surface area contributed by atoms with Crippen LogP contribution in [0.1, 0.15) is 52.0 Å². The molecule has 0 spiro atoms. The maximum Gasteiger partial charge on any atom is 0.124 e. The van der Waals surface area contributed by atoms with Crippen LogP contribution in [0.25, 0.3) is 0 Å². The number of hydrogen-bond donors (Lipinski definition) is 1. The Bertz CT molecular complexity index is 453. The lowest BCUT2D eigenvalue weighted by Gasteiger charge is -2.41. The van der Waals surface area contributed by atoms with Crippen LogP contribution in [0.15, 0.2) is 22.7 Å². The van der Waals surface area contributed by atoms with Crippen LogP contribution in [0, 0.1) is 17.2 Å². The lowest BCUT2D eigenvalue weighted by molar-refractivity contribution is 0.130. The summed E-state index contributed by atoms with van der Waals surface area (Å²) in [7, 11) is 0. The molecule has 0 saturated heterocycles. The summed E-state index contributed by atoms with van der Waals surface area (Å²) < 4.78 is 14.0. The quantitative estimate of drug-likeness (QED) is 0.788. The fraction of sp³-hybridized carbons (Fsp3) is 0.647. The van der Waals surface area contributed by atoms with E-state index in [1.807, 2.05) is 6.07 Å². The average molecular weight is 342 g/mol. The third-order valence-corrected chi connectivity index (χ3v) is 5.19. The van der Waals surface area contributed by atoms with Crippen LogP contribution in [0.2, 0.25) is 0 Å². The SMILES string of the molecule is CC(C)(C)C1CCCCC1NCc1ccc(F)cc1Br. The lowest BCUT2D eigenvalue weighted by Crippen LogP contribution is -2.43. The first-order chi connectivity index (χ1) is 9.38. The fourth-order valence-corrected chi connectivity index (χ4v) is 3.81. The van der Waals surface area contributed by atoms with Crippen molar-refractivity contribution in [2.45, 2.75) is 59.0 Å². The first kappa shape index (κ1) is 16.0. The van der Waals surface area contributed by atoms with Gasteiger partial charge in [0.1, 0.15) is 5.82 Å². The van der Waals surface area contributed by atoms with Crippen molar-refractivity contribution in [3.63, 3.8) is 0 Å². The van der Waals surface area contributed by atoms with E-state index in [-0.39, 0.29) is 5.82 Å². The third kappa shape index (κ3) is 4.05. The van der Waals surface area contributed by atoms with Crippen molar-refractivity contribution < 1.29 is 4.39 Å². The van der Waals surface area contributed by atoms with Gasteiger partial charge in [-0.15, -0.1) is 0 Å². The Hall–Kier alpha value is -0.410. The Kier molecular flexibility index (Phi) is 5.25. The maximum absolute atomic E-state index is 13.1. The molecule has 0 aromatic heterocycles. The topological polar surface area (TPSA) is 12.0 Å². The van der Waals surface area contributed by atoms with E-state index in [1.54, 1.807) is 6.07 Å². The zero-order chi connectivity index (χ0) is 14.8. The molecule has 1 saturated carbocycles. The highest BCUT2D eigenvalue weighted by Gasteiger charge is 2.33. The van der Waals surface area contributed by atoms with Crippen LogP contribution in [0.4, 0.5) is 4.39 Å². The number of hydrogen-bond acceptors (Lipinski definition) is 1. The maximum atomic E-state index is 13.1. The molecular weight excluding hydrogens is 317 g/mol. The molecule has 20 heavy (non-hydrogen) atoms. The molecule has 1 aliphatic rings. The van der Waals surface area contributed by atoms with E-state index in [0.717, 1.165) is 22.5 Å². The molecule has 0 bridgehead atoms. The lowest BCUT2D eigenvalue weighted by atomic mass is 9.69. The highest BCUT2D eigenvalue weighted by atomic mass is 79.9. The summed E-state index contributed by atoms with van der Waals surface area (Å²) in [5.74, 6) is 0.529. The minimum Gasteiger partial charge on any atom is -0.310 e. The van der Waals surface area contributed by atoms with Gasteiger partial charge in [0.05, 0.1) is 0 Å². The molecule has 1 aromatic rings. The van der Waals surface area contributed by atoms with Crippen LogP contribution in [0.5, 0.6) is 0 Å². The molecule has 1 aliphatic carbocycles. The van der Waals surface area contributed by atoms with E-state index in [4.69, 9.17) is 0 Å². The zero-order valence-electron chi connectivity index (χ0n) is 12.7. The predicted octanol–water partition coefficient (Wildman–Crippen LogP) is 5.28. The van der Waals surface area contributed by atoms with Gasteiger partial charge in [-0.3, -0.25) is 0 Å². The zero-order valence-corrected chi connectivity index (χ0v) is 14.3. The van der Waals surface area contributed by atoms with E-state index >= 15 is 0 Å². The third-order valence-electron chi connectivity index (χ3n) is 4.45. The van der Waals surface area contributed by atoms with E-state index in [1.165, 1.54) is 31.7 Å². The summed E-state index contributed by atoms with van der Waals surface area (Å²) in [4.78, 5) is 0. The second-order valence-electron chi connectivity index (χ2n) is 6.98. The van der Waals surface area contributed by atoms with Crippen molar-refractivity contribution in [3.8, 4) is 0 Å². The van der Waals surface area contributed by atoms with Crippen molar-refractivity contribution in [1.82, 2.24) is 5.32 Å². The monoisotopic (exact) mass is 341 g/mol. The Morgan fingerprint density at radius 3 is 2.60 bits per heavy atom. The van der Waals surface area contributed by atoms with Crippen molar-refractivity contribution in [3.05, 3.63) is 34.1 Å². The number of rotatable bonds is 3. The number of benzene rings is 1. The fourth-order valence-electron chi connectivity index (χ4n) is 3.32. The Balaban J connectivity index is 2.01. The average Bonchev–Trinajstić information content (AvgIpc) is 2.37. The van der Waals surface area contributed by atoms with Crippen LogP contribution in [-0.2, 0) is 6.54 Å². The molecule has 1 fully saturated rings. The normalized spacial score (nSPS) is 23.9. The Morgan fingerprint density at radius 2 is 1.95 bits per heavy atom. The van der Waals surface area contributed by atoms with Crippen molar-refractivity contribution >= 4 is 15.9 Å². The molecule has 2 rings (SSSR count). The van der Waals surface area contributed by atoms with Gasteiger partial charge in [0.2, 0.25) is 0 Å². The van der Waals surface area contributed by atoms with Crippen molar-refractivity contribution in [2.75, 3.05) is 0 Å². The number of nitrogens with one attached hydrogen (secondary N) is 1. The van der Waals surface area contributed by atoms with Gasteiger partial charge in [-0.25, -0.2) is 4.39 Å². The van der Waals surface area contributed by atoms with Crippen LogP contribution >= 0.6 is 15.9 Å². The van der Waals surface area contributed by atoms with Crippen molar-refractivity contribution in [1.29, 1.82) is 0 Å². The van der Waals surface area contributed by atoms with Gasteiger partial charge < -0.3 is 5.32 Å². The number of halogens is 2. The first-order valence-corrected chi connectivity index (χ1v) is 8.34. The van der Waals surface area contributed by atoms with Crippen LogP contribution < -0.4 is 5.32 Å². The highest BCUT2D eigenvalue weighted by molar-refractivity contribution is 9.10. The molecule has 0 radical (unpaired) electrons. The molecule has 0 heterocycles. The van der Waals surface area contributed by atoms with E-state index in [0.29, 0.717) is 11.5 Å². The Labute approximate surface area is 130 Å². The molecule has 112 valence electrons. The molecule has 0 amide bonds. The van der Waals surface area contributed by atoms with E-state index in [9.17, 15) is 4.39 Å². The minimum atomic E-state index is -0.189. The summed E-state index contributed by atoms with van der Waals surface area (Å²) in [5, 5.41) is 3.70. The molecule has 2 atom stereocenters. The summed E-state index contributed by atoms with van der Waals surface area (Å²) in [6.45, 7) is 7.82. The standard InChI is InChI=1S/C17H25BrFN/c1-17(2,3)14-6-4-5-7-16(14)20-11-12-8-9-13(19)10-15(12)18/h8-10,14,16,20H,4-7,11H2,1-3H3. The summed E-state index contributed by atoms with van der Waals surface area (Å²) in [6, 6.07) is 5.50. The molecule has 0 aliphatic heterocycles. The van der Waals surface area contributed by atoms with E-state index in [2.05, 4.69) is 42.0 Å². The van der Waals surface area contributed by atoms with E-state index < -0.39 is 0 Å². The van der Waals surface area contributed by atoms with Gasteiger partial charge in [-0.2, -0.15) is 0 Å². The van der Waals surface area contributed by atoms with Gasteiger partial charge in [0.25, 0.3) is 0 Å². The van der Waals surface area contributed by atoms with Gasteiger partial charge in [-0.1, -0.05) is 55.6 Å². The van der Waals surface area contributed by atoms with Gasteiger partial charge >= 0.3 is 0 Å².